The van der Waals surface area contributed by atoms with E-state index in [1.807, 2.05) is 18.2 Å². The summed E-state index contributed by atoms with van der Waals surface area (Å²) in [6.45, 7) is 14.9. The number of rotatable bonds is 14. The fourth-order valence-corrected chi connectivity index (χ4v) is 6.91. The molecule has 2 rings (SSSR count). The molecule has 1 aromatic rings. The van der Waals surface area contributed by atoms with Gasteiger partial charge in [0.2, 0.25) is 0 Å². The summed E-state index contributed by atoms with van der Waals surface area (Å²) in [5.74, 6) is 1.01. The maximum absolute atomic E-state index is 6.95. The largest absolute Gasteiger partial charge is 0.414 e. The number of benzene rings is 1. The summed E-state index contributed by atoms with van der Waals surface area (Å²) in [7, 11) is -1.83. The lowest BCUT2D eigenvalue weighted by Crippen LogP contribution is -2.45. The van der Waals surface area contributed by atoms with Gasteiger partial charge in [-0.25, -0.2) is 0 Å². The molecule has 0 radical (unpaired) electrons. The average molecular weight is 587 g/mol. The van der Waals surface area contributed by atoms with E-state index in [-0.39, 0.29) is 17.2 Å². The zero-order valence-corrected chi connectivity index (χ0v) is 25.0. The number of hydrogen-bond acceptors (Lipinski definition) is 3. The lowest BCUT2D eigenvalue weighted by molar-refractivity contribution is -0.108. The van der Waals surface area contributed by atoms with Gasteiger partial charge in [0, 0.05) is 4.43 Å². The van der Waals surface area contributed by atoms with Crippen molar-refractivity contribution in [1.82, 2.24) is 0 Å². The van der Waals surface area contributed by atoms with Crippen LogP contribution in [0.25, 0.3) is 0 Å². The minimum atomic E-state index is -1.83. The van der Waals surface area contributed by atoms with Gasteiger partial charge >= 0.3 is 0 Å². The van der Waals surface area contributed by atoms with Crippen molar-refractivity contribution in [3.63, 3.8) is 0 Å². The molecule has 5 heteroatoms. The van der Waals surface area contributed by atoms with Crippen LogP contribution in [0.2, 0.25) is 18.1 Å². The predicted octanol–water partition coefficient (Wildman–Crippen LogP) is 8.53. The summed E-state index contributed by atoms with van der Waals surface area (Å²) >= 11 is 2.56. The topological polar surface area (TPSA) is 27.7 Å². The molecule has 188 valence electrons. The number of halogens is 1. The first-order valence-electron chi connectivity index (χ1n) is 12.8. The van der Waals surface area contributed by atoms with Crippen molar-refractivity contribution in [2.45, 2.75) is 103 Å². The summed E-state index contributed by atoms with van der Waals surface area (Å²) in [6.07, 6.45) is 12.4. The van der Waals surface area contributed by atoms with Crippen LogP contribution >= 0.6 is 22.6 Å². The zero-order valence-electron chi connectivity index (χ0n) is 21.8. The molecule has 0 heterocycles. The van der Waals surface area contributed by atoms with Crippen LogP contribution in [-0.4, -0.2) is 31.7 Å². The number of alkyl halides is 1. The van der Waals surface area contributed by atoms with E-state index in [1.54, 1.807) is 0 Å². The molecule has 1 aliphatic rings. The van der Waals surface area contributed by atoms with E-state index in [4.69, 9.17) is 13.9 Å². The molecule has 0 aromatic heterocycles. The first-order chi connectivity index (χ1) is 15.7. The van der Waals surface area contributed by atoms with Crippen LogP contribution in [0.4, 0.5) is 0 Å². The molecule has 0 spiro atoms. The van der Waals surface area contributed by atoms with Crippen molar-refractivity contribution < 1.29 is 13.9 Å². The van der Waals surface area contributed by atoms with Crippen LogP contribution in [0.1, 0.15) is 71.8 Å². The average Bonchev–Trinajstić information content (AvgIpc) is 3.09. The SMILES string of the molecule is CCCCC/C=C\C[C@@H]1[C@@H](CI)[C@@H](O[Si](C)(C)C(C)(C)C)C[C@@H]1OCOCc1ccccc1. The molecule has 0 saturated heterocycles. The Morgan fingerprint density at radius 3 is 2.39 bits per heavy atom. The van der Waals surface area contributed by atoms with Crippen LogP contribution in [0.15, 0.2) is 42.5 Å². The third-order valence-electron chi connectivity index (χ3n) is 7.43. The molecule has 0 amide bonds. The highest BCUT2D eigenvalue weighted by Crippen LogP contribution is 2.45. The molecule has 1 aromatic carbocycles. The summed E-state index contributed by atoms with van der Waals surface area (Å²) in [5, 5.41) is 0.217. The van der Waals surface area contributed by atoms with Crippen LogP contribution in [0.5, 0.6) is 0 Å². The zero-order chi connectivity index (χ0) is 24.3. The minimum Gasteiger partial charge on any atom is -0.414 e. The molecular formula is C28H47IO3Si. The first kappa shape index (κ1) is 29.0. The molecule has 0 bridgehead atoms. The molecule has 1 fully saturated rings. The number of hydrogen-bond donors (Lipinski definition) is 0. The van der Waals surface area contributed by atoms with Gasteiger partial charge < -0.3 is 13.9 Å². The molecule has 0 unspecified atom stereocenters. The molecule has 4 atom stereocenters. The molecule has 3 nitrogen and oxygen atoms in total. The van der Waals surface area contributed by atoms with E-state index >= 15 is 0 Å². The Morgan fingerprint density at radius 2 is 1.76 bits per heavy atom. The van der Waals surface area contributed by atoms with Gasteiger partial charge in [-0.1, -0.05) is 106 Å². The maximum atomic E-state index is 6.95. The van der Waals surface area contributed by atoms with Crippen LogP contribution in [0, 0.1) is 11.8 Å². The van der Waals surface area contributed by atoms with E-state index < -0.39 is 8.32 Å². The van der Waals surface area contributed by atoms with Gasteiger partial charge in [-0.2, -0.15) is 0 Å². The highest BCUT2D eigenvalue weighted by Gasteiger charge is 2.48. The Hall–Kier alpha value is -0.213. The van der Waals surface area contributed by atoms with Gasteiger partial charge in [-0.3, -0.25) is 0 Å². The quantitative estimate of drug-likeness (QED) is 0.0546. The monoisotopic (exact) mass is 586 g/mol. The van der Waals surface area contributed by atoms with E-state index in [1.165, 1.54) is 31.2 Å². The Morgan fingerprint density at radius 1 is 1.03 bits per heavy atom. The molecule has 1 saturated carbocycles. The smallest absolute Gasteiger partial charge is 0.192 e. The van der Waals surface area contributed by atoms with Crippen molar-refractivity contribution in [3.8, 4) is 0 Å². The lowest BCUT2D eigenvalue weighted by Gasteiger charge is -2.40. The van der Waals surface area contributed by atoms with Gasteiger partial charge in [0.05, 0.1) is 18.8 Å². The minimum absolute atomic E-state index is 0.190. The van der Waals surface area contributed by atoms with Crippen molar-refractivity contribution in [2.75, 3.05) is 11.2 Å². The van der Waals surface area contributed by atoms with E-state index in [9.17, 15) is 0 Å². The molecule has 0 N–H and O–H groups in total. The third kappa shape index (κ3) is 9.40. The van der Waals surface area contributed by atoms with Gasteiger partial charge in [-0.15, -0.1) is 0 Å². The maximum Gasteiger partial charge on any atom is 0.192 e. The predicted molar refractivity (Wildman–Crippen MR) is 151 cm³/mol. The van der Waals surface area contributed by atoms with Gasteiger partial charge in [0.1, 0.15) is 6.79 Å². The molecule has 0 aliphatic heterocycles. The second kappa shape index (κ2) is 14.4. The van der Waals surface area contributed by atoms with Crippen molar-refractivity contribution in [3.05, 3.63) is 48.0 Å². The lowest BCUT2D eigenvalue weighted by atomic mass is 9.92. The molecule has 33 heavy (non-hydrogen) atoms. The highest BCUT2D eigenvalue weighted by atomic mass is 127. The van der Waals surface area contributed by atoms with Crippen molar-refractivity contribution in [1.29, 1.82) is 0 Å². The standard InChI is InChI=1S/C28H47IO3Si/c1-7-8-9-10-11-15-18-24-25(20-29)27(32-33(5,6)28(2,3)4)19-26(24)31-22-30-21-23-16-13-12-14-17-23/h11-17,24-27H,7-10,18-22H2,1-6H3/b15-11-/t24-,25-,26+,27+/m1/s1. The third-order valence-corrected chi connectivity index (χ3v) is 12.9. The number of unbranched alkanes of at least 4 members (excludes halogenated alkanes) is 3. The first-order valence-corrected chi connectivity index (χ1v) is 17.2. The number of allylic oxidation sites excluding steroid dienone is 2. The normalized spacial score (nSPS) is 24.1. The van der Waals surface area contributed by atoms with Crippen LogP contribution in [0.3, 0.4) is 0 Å². The molecule has 1 aliphatic carbocycles. The Balaban J connectivity index is 2.01. The van der Waals surface area contributed by atoms with Crippen LogP contribution in [-0.2, 0) is 20.5 Å². The molecular weight excluding hydrogens is 539 g/mol. The second-order valence-electron chi connectivity index (χ2n) is 11.0. The highest BCUT2D eigenvalue weighted by molar-refractivity contribution is 14.1. The Labute approximate surface area is 218 Å². The van der Waals surface area contributed by atoms with Gasteiger partial charge in [0.15, 0.2) is 8.32 Å². The fraction of sp³-hybridized carbons (Fsp3) is 0.714. The van der Waals surface area contributed by atoms with Crippen molar-refractivity contribution in [2.24, 2.45) is 11.8 Å². The Bertz CT molecular complexity index is 686. The van der Waals surface area contributed by atoms with Crippen LogP contribution < -0.4 is 0 Å². The fourth-order valence-electron chi connectivity index (χ4n) is 4.31. The van der Waals surface area contributed by atoms with E-state index in [0.29, 0.717) is 25.2 Å². The number of ether oxygens (including phenoxy) is 2. The summed E-state index contributed by atoms with van der Waals surface area (Å²) in [5.41, 5.74) is 1.18. The second-order valence-corrected chi connectivity index (χ2v) is 16.6. The Kier molecular flexibility index (Phi) is 12.6. The van der Waals surface area contributed by atoms with Crippen molar-refractivity contribution >= 4 is 30.9 Å². The van der Waals surface area contributed by atoms with E-state index in [2.05, 4.69) is 87.7 Å². The summed E-state index contributed by atoms with van der Waals surface area (Å²) in [4.78, 5) is 0. The van der Waals surface area contributed by atoms with Gasteiger partial charge in [-0.05, 0) is 61.2 Å². The summed E-state index contributed by atoms with van der Waals surface area (Å²) < 4.78 is 20.3. The van der Waals surface area contributed by atoms with E-state index in [0.717, 1.165) is 17.3 Å². The summed E-state index contributed by atoms with van der Waals surface area (Å²) in [6, 6.07) is 10.3. The van der Waals surface area contributed by atoms with Gasteiger partial charge in [0.25, 0.3) is 0 Å².